The number of esters is 1. The zero-order chi connectivity index (χ0) is 15.9. The molecule has 0 amide bonds. The Kier molecular flexibility index (Phi) is 4.81. The summed E-state index contributed by atoms with van der Waals surface area (Å²) in [5.41, 5.74) is 0.439. The number of hydrogen-bond acceptors (Lipinski definition) is 6. The Bertz CT molecular complexity index is 733. The summed E-state index contributed by atoms with van der Waals surface area (Å²) in [6, 6.07) is 9.57. The number of Topliss-reactive ketones (excluding diaryl/α,β-unsaturated/α-hetero) is 1. The van der Waals surface area contributed by atoms with Gasteiger partial charge in [0, 0.05) is 6.20 Å². The number of methoxy groups -OCH3 is 1. The van der Waals surface area contributed by atoms with E-state index in [-0.39, 0.29) is 22.6 Å². The number of carbonyl (C=O) groups is 2. The molecule has 7 nitrogen and oxygen atoms in total. The second-order valence-electron chi connectivity index (χ2n) is 4.14. The monoisotopic (exact) mass is 299 g/mol. The molecule has 0 atom stereocenters. The number of H-pyrrole nitrogens is 1. The van der Waals surface area contributed by atoms with Gasteiger partial charge in [0.1, 0.15) is 11.9 Å². The number of aliphatic hydroxyl groups is 1. The van der Waals surface area contributed by atoms with Crippen LogP contribution in [0.3, 0.4) is 0 Å². The van der Waals surface area contributed by atoms with Crippen LogP contribution in [0.4, 0.5) is 5.69 Å². The maximum atomic E-state index is 12.0. The Morgan fingerprint density at radius 3 is 2.64 bits per heavy atom. The molecule has 0 radical (unpaired) electrons. The fraction of sp³-hybridized carbons (Fsp3) is 0.0667. The number of azo groups is 1. The number of aromatic nitrogens is 1. The highest BCUT2D eigenvalue weighted by atomic mass is 16.5. The summed E-state index contributed by atoms with van der Waals surface area (Å²) >= 11 is 0. The first kappa shape index (κ1) is 15.2. The average Bonchev–Trinajstić information content (AvgIpc) is 3.09. The van der Waals surface area contributed by atoms with Crippen molar-refractivity contribution in [3.05, 3.63) is 65.8 Å². The summed E-state index contributed by atoms with van der Waals surface area (Å²) in [4.78, 5) is 26.3. The quantitative estimate of drug-likeness (QED) is 0.291. The fourth-order valence-electron chi connectivity index (χ4n) is 1.69. The molecule has 0 spiro atoms. The molecule has 112 valence electrons. The number of nitrogens with one attached hydrogen (secondary N) is 1. The lowest BCUT2D eigenvalue weighted by Gasteiger charge is -2.02. The van der Waals surface area contributed by atoms with Crippen molar-refractivity contribution in [3.63, 3.8) is 0 Å². The van der Waals surface area contributed by atoms with Crippen LogP contribution >= 0.6 is 0 Å². The number of aromatic amines is 1. The lowest BCUT2D eigenvalue weighted by Crippen LogP contribution is -2.02. The second kappa shape index (κ2) is 6.98. The van der Waals surface area contributed by atoms with Gasteiger partial charge in [-0.25, -0.2) is 4.79 Å². The van der Waals surface area contributed by atoms with E-state index in [1.54, 1.807) is 36.5 Å². The molecule has 0 bridgehead atoms. The number of ether oxygens (including phenoxy) is 1. The van der Waals surface area contributed by atoms with E-state index in [9.17, 15) is 9.59 Å². The van der Waals surface area contributed by atoms with Crippen LogP contribution in [0.25, 0.3) is 0 Å². The van der Waals surface area contributed by atoms with E-state index < -0.39 is 11.8 Å². The van der Waals surface area contributed by atoms with Gasteiger partial charge in [-0.05, 0) is 24.3 Å². The molecular weight excluding hydrogens is 286 g/mol. The molecule has 2 aromatic rings. The topological polar surface area (TPSA) is 104 Å². The van der Waals surface area contributed by atoms with Crippen LogP contribution in [-0.4, -0.2) is 29.0 Å². The summed E-state index contributed by atoms with van der Waals surface area (Å²) in [6.07, 6.45) is 2.14. The highest BCUT2D eigenvalue weighted by Crippen LogP contribution is 2.21. The molecule has 0 aliphatic rings. The fourth-order valence-corrected chi connectivity index (χ4v) is 1.69. The lowest BCUT2D eigenvalue weighted by molar-refractivity contribution is 0.0601. The molecule has 0 unspecified atom stereocenters. The zero-order valence-corrected chi connectivity index (χ0v) is 11.7. The van der Waals surface area contributed by atoms with Crippen molar-refractivity contribution in [2.45, 2.75) is 0 Å². The van der Waals surface area contributed by atoms with Gasteiger partial charge in [-0.15, -0.1) is 10.2 Å². The van der Waals surface area contributed by atoms with Gasteiger partial charge < -0.3 is 14.8 Å². The highest BCUT2D eigenvalue weighted by molar-refractivity contribution is 6.06. The maximum absolute atomic E-state index is 12.0. The van der Waals surface area contributed by atoms with E-state index in [1.807, 2.05) is 0 Å². The predicted molar refractivity (Wildman–Crippen MR) is 78.1 cm³/mol. The van der Waals surface area contributed by atoms with Crippen LogP contribution in [0.15, 0.2) is 64.8 Å². The second-order valence-corrected chi connectivity index (χ2v) is 4.14. The van der Waals surface area contributed by atoms with Crippen LogP contribution < -0.4 is 0 Å². The predicted octanol–water partition coefficient (Wildman–Crippen LogP) is 3.17. The van der Waals surface area contributed by atoms with Crippen LogP contribution in [0.2, 0.25) is 0 Å². The van der Waals surface area contributed by atoms with Gasteiger partial charge in [0.05, 0.1) is 18.4 Å². The molecule has 7 heteroatoms. The van der Waals surface area contributed by atoms with E-state index in [0.29, 0.717) is 6.26 Å². The number of rotatable bonds is 5. The third kappa shape index (κ3) is 3.26. The minimum absolute atomic E-state index is 0.207. The Morgan fingerprint density at radius 1 is 1.23 bits per heavy atom. The van der Waals surface area contributed by atoms with Crippen molar-refractivity contribution >= 4 is 17.4 Å². The molecule has 1 aromatic carbocycles. The molecule has 2 N–H and O–H groups in total. The van der Waals surface area contributed by atoms with E-state index >= 15 is 0 Å². The molecular formula is C15H13N3O4. The van der Waals surface area contributed by atoms with Gasteiger partial charge in [0.15, 0.2) is 5.70 Å². The largest absolute Gasteiger partial charge is 0.513 e. The van der Waals surface area contributed by atoms with E-state index in [0.717, 1.165) is 0 Å². The van der Waals surface area contributed by atoms with Crippen molar-refractivity contribution in [2.24, 2.45) is 10.2 Å². The summed E-state index contributed by atoms with van der Waals surface area (Å²) in [5.74, 6) is -1.09. The molecule has 0 saturated carbocycles. The summed E-state index contributed by atoms with van der Waals surface area (Å²) in [5, 5.41) is 16.7. The number of nitrogens with zero attached hydrogens (tertiary/aromatic N) is 2. The first-order chi connectivity index (χ1) is 10.7. The molecule has 0 saturated heterocycles. The number of aliphatic hydroxyl groups excluding tert-OH is 1. The van der Waals surface area contributed by atoms with Crippen molar-refractivity contribution in [2.75, 3.05) is 7.11 Å². The van der Waals surface area contributed by atoms with Crippen LogP contribution in [0.5, 0.6) is 0 Å². The summed E-state index contributed by atoms with van der Waals surface area (Å²) < 4.78 is 4.64. The molecule has 2 rings (SSSR count). The lowest BCUT2D eigenvalue weighted by atomic mass is 10.2. The minimum Gasteiger partial charge on any atom is -0.513 e. The van der Waals surface area contributed by atoms with Gasteiger partial charge in [0.25, 0.3) is 0 Å². The molecule has 1 heterocycles. The number of allylic oxidation sites excluding steroid dienone is 1. The van der Waals surface area contributed by atoms with Crippen LogP contribution in [-0.2, 0) is 4.74 Å². The highest BCUT2D eigenvalue weighted by Gasteiger charge is 2.14. The summed E-state index contributed by atoms with van der Waals surface area (Å²) in [7, 11) is 1.25. The van der Waals surface area contributed by atoms with E-state index in [1.165, 1.54) is 13.2 Å². The normalized spacial score (nSPS) is 11.6. The molecule has 22 heavy (non-hydrogen) atoms. The van der Waals surface area contributed by atoms with Crippen molar-refractivity contribution in [1.29, 1.82) is 0 Å². The third-order valence-corrected chi connectivity index (χ3v) is 2.77. The smallest absolute Gasteiger partial charge is 0.340 e. The standard InChI is InChI=1S/C15H13N3O4/c1-22-15(21)10-5-2-3-6-11(10)17-18-13(9-19)14(20)12-7-4-8-16-12/h2-9,16,19H,1H3/b13-9+,18-17?. The van der Waals surface area contributed by atoms with Crippen LogP contribution in [0, 0.1) is 0 Å². The average molecular weight is 299 g/mol. The number of ketones is 1. The van der Waals surface area contributed by atoms with Crippen molar-refractivity contribution in [1.82, 2.24) is 4.98 Å². The third-order valence-electron chi connectivity index (χ3n) is 2.77. The molecule has 0 fully saturated rings. The minimum atomic E-state index is -0.570. The molecule has 0 aliphatic carbocycles. The summed E-state index contributed by atoms with van der Waals surface area (Å²) in [6.45, 7) is 0. The Hall–Kier alpha value is -3.22. The van der Waals surface area contributed by atoms with E-state index in [4.69, 9.17) is 5.11 Å². The maximum Gasteiger partial charge on any atom is 0.340 e. The van der Waals surface area contributed by atoms with Gasteiger partial charge in [-0.1, -0.05) is 12.1 Å². The van der Waals surface area contributed by atoms with Gasteiger partial charge in [-0.3, -0.25) is 4.79 Å². The SMILES string of the molecule is COC(=O)c1ccccc1N=N/C(=C/O)C(=O)c1ccc[nH]1. The Balaban J connectivity index is 2.28. The first-order valence-electron chi connectivity index (χ1n) is 6.29. The van der Waals surface area contributed by atoms with Gasteiger partial charge in [-0.2, -0.15) is 0 Å². The number of hydrogen-bond donors (Lipinski definition) is 2. The first-order valence-corrected chi connectivity index (χ1v) is 6.29. The Morgan fingerprint density at radius 2 is 2.00 bits per heavy atom. The zero-order valence-electron chi connectivity index (χ0n) is 11.7. The van der Waals surface area contributed by atoms with Gasteiger partial charge in [0.2, 0.25) is 5.78 Å². The number of carbonyl (C=O) groups excluding carboxylic acids is 2. The number of benzene rings is 1. The van der Waals surface area contributed by atoms with Gasteiger partial charge >= 0.3 is 5.97 Å². The molecule has 1 aromatic heterocycles. The van der Waals surface area contributed by atoms with Crippen LogP contribution in [0.1, 0.15) is 20.8 Å². The Labute approximate surface area is 126 Å². The molecule has 0 aliphatic heterocycles. The van der Waals surface area contributed by atoms with E-state index in [2.05, 4.69) is 19.9 Å². The van der Waals surface area contributed by atoms with Crippen molar-refractivity contribution < 1.29 is 19.4 Å². The van der Waals surface area contributed by atoms with Crippen molar-refractivity contribution in [3.8, 4) is 0 Å².